The lowest BCUT2D eigenvalue weighted by Gasteiger charge is -2.16. The van der Waals surface area contributed by atoms with Crippen LogP contribution in [-0.2, 0) is 0 Å². The van der Waals surface area contributed by atoms with Crippen LogP contribution in [0.1, 0.15) is 5.69 Å². The number of rotatable bonds is 6. The molecule has 0 aliphatic carbocycles. The quantitative estimate of drug-likeness (QED) is 0.168. The summed E-state index contributed by atoms with van der Waals surface area (Å²) < 4.78 is 0. The third kappa shape index (κ3) is 5.96. The lowest BCUT2D eigenvalue weighted by Crippen LogP contribution is -1.97. The highest BCUT2D eigenvalue weighted by molar-refractivity contribution is 6.13. The van der Waals surface area contributed by atoms with Crippen molar-refractivity contribution >= 4 is 21.5 Å². The topological polar surface area (TPSA) is 38.7 Å². The van der Waals surface area contributed by atoms with Gasteiger partial charge in [0.05, 0.1) is 11.4 Å². The van der Waals surface area contributed by atoms with Crippen LogP contribution >= 0.6 is 0 Å². The molecule has 0 saturated carbocycles. The zero-order chi connectivity index (χ0) is 34.1. The number of pyridine rings is 1. The van der Waals surface area contributed by atoms with E-state index < -0.39 is 0 Å². The predicted molar refractivity (Wildman–Crippen MR) is 212 cm³/mol. The molecule has 0 bridgehead atoms. The van der Waals surface area contributed by atoms with Crippen LogP contribution in [0, 0.1) is 6.92 Å². The largest absolute Gasteiger partial charge is 0.262 e. The second kappa shape index (κ2) is 13.0. The van der Waals surface area contributed by atoms with Crippen LogP contribution in [0.15, 0.2) is 182 Å². The van der Waals surface area contributed by atoms with Gasteiger partial charge in [-0.3, -0.25) is 4.98 Å². The first-order valence-corrected chi connectivity index (χ1v) is 17.3. The van der Waals surface area contributed by atoms with Crippen molar-refractivity contribution < 1.29 is 0 Å². The summed E-state index contributed by atoms with van der Waals surface area (Å²) >= 11 is 0. The van der Waals surface area contributed by atoms with Crippen molar-refractivity contribution in [2.75, 3.05) is 0 Å². The molecule has 0 aliphatic rings. The summed E-state index contributed by atoms with van der Waals surface area (Å²) in [4.78, 5) is 14.9. The zero-order valence-electron chi connectivity index (χ0n) is 28.2. The average molecular weight is 652 g/mol. The van der Waals surface area contributed by atoms with Gasteiger partial charge in [-0.1, -0.05) is 127 Å². The SMILES string of the molecule is Cc1cc(-c2cccc(-c3cc(-c4nc(-c5ccccc5)cc(-c5ccccc5)n4)cc(-c4c5ccccc5cc5ccccc45)c3)c2)ccn1. The molecule has 9 aromatic rings. The Morgan fingerprint density at radius 2 is 0.843 bits per heavy atom. The maximum absolute atomic E-state index is 5.25. The van der Waals surface area contributed by atoms with Gasteiger partial charge in [-0.25, -0.2) is 9.97 Å². The molecule has 0 unspecified atom stereocenters. The van der Waals surface area contributed by atoms with Crippen molar-refractivity contribution in [2.24, 2.45) is 0 Å². The van der Waals surface area contributed by atoms with Crippen LogP contribution in [0.2, 0.25) is 0 Å². The van der Waals surface area contributed by atoms with E-state index in [0.717, 1.165) is 61.6 Å². The molecular formula is C48H33N3. The van der Waals surface area contributed by atoms with Gasteiger partial charge in [0.2, 0.25) is 0 Å². The van der Waals surface area contributed by atoms with Gasteiger partial charge in [0.1, 0.15) is 0 Å². The molecule has 51 heavy (non-hydrogen) atoms. The van der Waals surface area contributed by atoms with Crippen LogP contribution in [0.5, 0.6) is 0 Å². The summed E-state index contributed by atoms with van der Waals surface area (Å²) in [5.41, 5.74) is 12.7. The highest BCUT2D eigenvalue weighted by Gasteiger charge is 2.17. The first kappa shape index (κ1) is 30.4. The Morgan fingerprint density at radius 3 is 1.47 bits per heavy atom. The van der Waals surface area contributed by atoms with E-state index in [1.54, 1.807) is 0 Å². The number of hydrogen-bond donors (Lipinski definition) is 0. The van der Waals surface area contributed by atoms with Crippen LogP contribution in [-0.4, -0.2) is 15.0 Å². The first-order valence-electron chi connectivity index (χ1n) is 17.3. The molecule has 9 rings (SSSR count). The van der Waals surface area contributed by atoms with Crippen molar-refractivity contribution in [1.29, 1.82) is 0 Å². The fraction of sp³-hybridized carbons (Fsp3) is 0.0208. The van der Waals surface area contributed by atoms with Gasteiger partial charge in [-0.05, 0) is 110 Å². The van der Waals surface area contributed by atoms with Gasteiger partial charge >= 0.3 is 0 Å². The van der Waals surface area contributed by atoms with E-state index in [-0.39, 0.29) is 0 Å². The van der Waals surface area contributed by atoms with Gasteiger partial charge < -0.3 is 0 Å². The van der Waals surface area contributed by atoms with Crippen LogP contribution in [0.3, 0.4) is 0 Å². The Bertz CT molecular complexity index is 2590. The molecule has 0 atom stereocenters. The monoisotopic (exact) mass is 651 g/mol. The molecule has 2 heterocycles. The number of aryl methyl sites for hydroxylation is 1. The van der Waals surface area contributed by atoms with Crippen LogP contribution in [0.25, 0.3) is 88.8 Å². The maximum atomic E-state index is 5.25. The number of aromatic nitrogens is 3. The predicted octanol–water partition coefficient (Wildman–Crippen LogP) is 12.5. The summed E-state index contributed by atoms with van der Waals surface area (Å²) in [6.07, 6.45) is 1.88. The number of hydrogen-bond acceptors (Lipinski definition) is 3. The average Bonchev–Trinajstić information content (AvgIpc) is 3.20. The van der Waals surface area contributed by atoms with Crippen LogP contribution < -0.4 is 0 Å². The molecule has 0 fully saturated rings. The van der Waals surface area contributed by atoms with Gasteiger partial charge in [0.15, 0.2) is 5.82 Å². The lowest BCUT2D eigenvalue weighted by molar-refractivity contribution is 1.18. The molecule has 0 N–H and O–H groups in total. The Morgan fingerprint density at radius 1 is 0.353 bits per heavy atom. The van der Waals surface area contributed by atoms with Crippen molar-refractivity contribution in [3.8, 4) is 67.3 Å². The van der Waals surface area contributed by atoms with Gasteiger partial charge in [0.25, 0.3) is 0 Å². The van der Waals surface area contributed by atoms with E-state index in [1.807, 2.05) is 25.3 Å². The second-order valence-electron chi connectivity index (χ2n) is 13.0. The Hall–Kier alpha value is -6.71. The zero-order valence-corrected chi connectivity index (χ0v) is 28.2. The Balaban J connectivity index is 1.33. The molecule has 3 nitrogen and oxygen atoms in total. The molecule has 0 radical (unpaired) electrons. The smallest absolute Gasteiger partial charge is 0.160 e. The third-order valence-electron chi connectivity index (χ3n) is 9.54. The molecule has 3 heteroatoms. The highest BCUT2D eigenvalue weighted by Crippen LogP contribution is 2.41. The Labute approximate surface area is 297 Å². The molecule has 2 aromatic heterocycles. The molecule has 0 spiro atoms. The highest BCUT2D eigenvalue weighted by atomic mass is 14.9. The normalized spacial score (nSPS) is 11.2. The number of fused-ring (bicyclic) bond motifs is 2. The van der Waals surface area contributed by atoms with E-state index >= 15 is 0 Å². The summed E-state index contributed by atoms with van der Waals surface area (Å²) in [5.74, 6) is 0.684. The molecule has 7 aromatic carbocycles. The summed E-state index contributed by atoms with van der Waals surface area (Å²) in [6, 6.07) is 62.3. The van der Waals surface area contributed by atoms with E-state index in [0.29, 0.717) is 5.82 Å². The molecule has 240 valence electrons. The fourth-order valence-electron chi connectivity index (χ4n) is 7.09. The minimum absolute atomic E-state index is 0.684. The minimum Gasteiger partial charge on any atom is -0.262 e. The van der Waals surface area contributed by atoms with Gasteiger partial charge in [-0.2, -0.15) is 0 Å². The second-order valence-corrected chi connectivity index (χ2v) is 13.0. The maximum Gasteiger partial charge on any atom is 0.160 e. The number of benzene rings is 7. The Kier molecular flexibility index (Phi) is 7.71. The first-order chi connectivity index (χ1) is 25.2. The van der Waals surface area contributed by atoms with E-state index in [4.69, 9.17) is 9.97 Å². The summed E-state index contributed by atoms with van der Waals surface area (Å²) in [6.45, 7) is 2.03. The fourth-order valence-corrected chi connectivity index (χ4v) is 7.09. The van der Waals surface area contributed by atoms with Gasteiger partial charge in [-0.15, -0.1) is 0 Å². The van der Waals surface area contributed by atoms with E-state index in [9.17, 15) is 0 Å². The number of nitrogens with zero attached hydrogens (tertiary/aromatic N) is 3. The molecule has 0 amide bonds. The molecule has 0 saturated heterocycles. The lowest BCUT2D eigenvalue weighted by atomic mass is 9.89. The van der Waals surface area contributed by atoms with Gasteiger partial charge in [0, 0.05) is 28.6 Å². The van der Waals surface area contributed by atoms with Crippen molar-refractivity contribution in [3.05, 3.63) is 188 Å². The molecular weight excluding hydrogens is 619 g/mol. The van der Waals surface area contributed by atoms with Crippen molar-refractivity contribution in [1.82, 2.24) is 15.0 Å². The van der Waals surface area contributed by atoms with Crippen molar-refractivity contribution in [3.63, 3.8) is 0 Å². The summed E-state index contributed by atoms with van der Waals surface area (Å²) in [7, 11) is 0. The standard InChI is InChI=1S/C48H33N3/c1-32-25-37(23-24-49-32)35-19-12-20-36(26-35)40-28-41(47-43-21-10-8-17-38(43)27-39-18-9-11-22-44(39)47)30-42(29-40)48-50-45(33-13-4-2-5-14-33)31-46(51-48)34-15-6-3-7-16-34/h2-31H,1H3. The van der Waals surface area contributed by atoms with Crippen molar-refractivity contribution in [2.45, 2.75) is 6.92 Å². The molecule has 0 aliphatic heterocycles. The third-order valence-corrected chi connectivity index (χ3v) is 9.54. The van der Waals surface area contributed by atoms with Crippen LogP contribution in [0.4, 0.5) is 0 Å². The van der Waals surface area contributed by atoms with E-state index in [2.05, 4.69) is 169 Å². The summed E-state index contributed by atoms with van der Waals surface area (Å²) in [5, 5.41) is 4.84. The minimum atomic E-state index is 0.684. The van der Waals surface area contributed by atoms with E-state index in [1.165, 1.54) is 27.1 Å².